The lowest BCUT2D eigenvalue weighted by atomic mass is 9.99. The maximum Gasteiger partial charge on any atom is 0.178 e. The van der Waals surface area contributed by atoms with Crippen molar-refractivity contribution in [2.45, 2.75) is 37.6 Å². The Labute approximate surface area is 173 Å². The zero-order valence-electron chi connectivity index (χ0n) is 16.5. The fourth-order valence-electron chi connectivity index (χ4n) is 4.63. The molecule has 0 spiro atoms. The molecule has 7 heteroatoms. The maximum atomic E-state index is 12.3. The molecule has 4 rings (SSSR count). The number of nitrogens with zero attached hydrogens (tertiary/aromatic N) is 1. The number of fused-ring (bicyclic) bond motifs is 2. The first-order chi connectivity index (χ1) is 13.0. The number of aromatic amines is 1. The molecule has 0 radical (unpaired) electrons. The smallest absolute Gasteiger partial charge is 0.178 e. The van der Waals surface area contributed by atoms with E-state index in [9.17, 15) is 8.42 Å². The Hall–Kier alpha value is -1.50. The van der Waals surface area contributed by atoms with Crippen molar-refractivity contribution in [2.24, 2.45) is 11.8 Å². The average Bonchev–Trinajstić information content (AvgIpc) is 3.27. The zero-order valence-corrected chi connectivity index (χ0v) is 18.1. The summed E-state index contributed by atoms with van der Waals surface area (Å²) in [6.45, 7) is 4.97. The molecule has 1 aromatic carbocycles. The van der Waals surface area contributed by atoms with E-state index in [-0.39, 0.29) is 18.2 Å². The van der Waals surface area contributed by atoms with Crippen molar-refractivity contribution >= 4 is 22.2 Å². The highest BCUT2D eigenvalue weighted by atomic mass is 35.5. The third-order valence-electron chi connectivity index (χ3n) is 6.02. The molecule has 2 fully saturated rings. The topological polar surface area (TPSA) is 62.4 Å². The summed E-state index contributed by atoms with van der Waals surface area (Å²) < 4.78 is 30.0. The molecule has 0 amide bonds. The van der Waals surface area contributed by atoms with E-state index in [2.05, 4.69) is 16.0 Å². The second-order valence-electron chi connectivity index (χ2n) is 7.90. The number of aromatic nitrogens is 1. The average molecular weight is 425 g/mol. The summed E-state index contributed by atoms with van der Waals surface area (Å²) in [5.74, 6) is 2.50. The summed E-state index contributed by atoms with van der Waals surface area (Å²) in [5, 5.41) is 0. The van der Waals surface area contributed by atoms with Crippen molar-refractivity contribution in [3.8, 4) is 17.0 Å². The standard InChI is InChI=1S/C21H28N2O3S.ClH/c1-3-27(24,25)18-7-9-21(26-2)19(11-18)20-8-6-17(22-20)14-23-12-15-4-5-16(10-15)13-23;/h6-9,11,15-16,22H,3-5,10,12-14H2,1-2H3;1H. The molecule has 2 aromatic rings. The van der Waals surface area contributed by atoms with Crippen LogP contribution in [0.5, 0.6) is 5.75 Å². The number of methoxy groups -OCH3 is 1. The number of nitrogens with one attached hydrogen (secondary N) is 1. The number of rotatable bonds is 6. The van der Waals surface area contributed by atoms with Crippen molar-refractivity contribution in [1.82, 2.24) is 9.88 Å². The van der Waals surface area contributed by atoms with Gasteiger partial charge in [0, 0.05) is 36.6 Å². The normalized spacial score (nSPS) is 22.1. The number of hydrogen-bond acceptors (Lipinski definition) is 4. The molecule has 2 atom stereocenters. The van der Waals surface area contributed by atoms with Gasteiger partial charge in [0.2, 0.25) is 0 Å². The van der Waals surface area contributed by atoms with E-state index < -0.39 is 9.84 Å². The van der Waals surface area contributed by atoms with Crippen LogP contribution in [0.4, 0.5) is 0 Å². The molecule has 28 heavy (non-hydrogen) atoms. The molecule has 5 nitrogen and oxygen atoms in total. The van der Waals surface area contributed by atoms with E-state index >= 15 is 0 Å². The van der Waals surface area contributed by atoms with Gasteiger partial charge in [-0.05, 0) is 61.4 Å². The molecule has 2 bridgehead atoms. The molecule has 1 saturated carbocycles. The third-order valence-corrected chi connectivity index (χ3v) is 7.76. The predicted molar refractivity (Wildman–Crippen MR) is 114 cm³/mol. The van der Waals surface area contributed by atoms with Crippen molar-refractivity contribution in [1.29, 1.82) is 0 Å². The lowest BCUT2D eigenvalue weighted by Gasteiger charge is -2.31. The van der Waals surface area contributed by atoms with Crippen molar-refractivity contribution in [2.75, 3.05) is 26.0 Å². The van der Waals surface area contributed by atoms with E-state index in [4.69, 9.17) is 4.74 Å². The van der Waals surface area contributed by atoms with Gasteiger partial charge in [-0.25, -0.2) is 8.42 Å². The molecule has 1 saturated heterocycles. The number of piperidine rings is 1. The summed E-state index contributed by atoms with van der Waals surface area (Å²) in [5.41, 5.74) is 2.85. The van der Waals surface area contributed by atoms with Crippen LogP contribution >= 0.6 is 12.4 Å². The van der Waals surface area contributed by atoms with Gasteiger partial charge in [0.15, 0.2) is 9.84 Å². The molecule has 1 aliphatic heterocycles. The summed E-state index contributed by atoms with van der Waals surface area (Å²) in [4.78, 5) is 6.37. The molecule has 1 aliphatic carbocycles. The van der Waals surface area contributed by atoms with Crippen LogP contribution < -0.4 is 4.74 Å². The van der Waals surface area contributed by atoms with Gasteiger partial charge >= 0.3 is 0 Å². The first-order valence-corrected chi connectivity index (χ1v) is 11.4. The molecule has 2 heterocycles. The van der Waals surface area contributed by atoms with Gasteiger partial charge in [-0.1, -0.05) is 6.92 Å². The van der Waals surface area contributed by atoms with E-state index in [0.29, 0.717) is 10.6 Å². The second kappa shape index (κ2) is 8.47. The number of halogens is 1. The second-order valence-corrected chi connectivity index (χ2v) is 10.2. The van der Waals surface area contributed by atoms with Crippen LogP contribution in [-0.4, -0.2) is 44.3 Å². The Morgan fingerprint density at radius 2 is 1.86 bits per heavy atom. The Kier molecular flexibility index (Phi) is 6.42. The largest absolute Gasteiger partial charge is 0.496 e. The van der Waals surface area contributed by atoms with Gasteiger partial charge in [-0.15, -0.1) is 12.4 Å². The van der Waals surface area contributed by atoms with Gasteiger partial charge < -0.3 is 9.72 Å². The zero-order chi connectivity index (χ0) is 19.0. The molecule has 2 aliphatic rings. The highest BCUT2D eigenvalue weighted by molar-refractivity contribution is 7.91. The fraction of sp³-hybridized carbons (Fsp3) is 0.524. The minimum Gasteiger partial charge on any atom is -0.496 e. The van der Waals surface area contributed by atoms with Crippen LogP contribution in [-0.2, 0) is 16.4 Å². The van der Waals surface area contributed by atoms with E-state index in [0.717, 1.165) is 35.3 Å². The highest BCUT2D eigenvalue weighted by Crippen LogP contribution is 2.37. The quantitative estimate of drug-likeness (QED) is 0.757. The van der Waals surface area contributed by atoms with Crippen LogP contribution in [0.1, 0.15) is 31.9 Å². The number of H-pyrrole nitrogens is 1. The highest BCUT2D eigenvalue weighted by Gasteiger charge is 2.32. The number of likely N-dealkylation sites (tertiary alicyclic amines) is 1. The fourth-order valence-corrected chi connectivity index (χ4v) is 5.54. The van der Waals surface area contributed by atoms with Crippen molar-refractivity contribution in [3.63, 3.8) is 0 Å². The SMILES string of the molecule is CCS(=O)(=O)c1ccc(OC)c(-c2ccc(CN3CC4CCC(C4)C3)[nH]2)c1.Cl. The number of ether oxygens (including phenoxy) is 1. The molecule has 1 aromatic heterocycles. The van der Waals surface area contributed by atoms with Gasteiger partial charge in [0.25, 0.3) is 0 Å². The summed E-state index contributed by atoms with van der Waals surface area (Å²) in [6, 6.07) is 9.20. The van der Waals surface area contributed by atoms with Crippen LogP contribution in [0.25, 0.3) is 11.3 Å². The predicted octanol–water partition coefficient (Wildman–Crippen LogP) is 4.14. The Bertz CT molecular complexity index is 913. The van der Waals surface area contributed by atoms with Crippen LogP contribution in [0.2, 0.25) is 0 Å². The Morgan fingerprint density at radius 3 is 2.50 bits per heavy atom. The molecule has 154 valence electrons. The minimum absolute atomic E-state index is 0. The first-order valence-electron chi connectivity index (χ1n) is 9.80. The summed E-state index contributed by atoms with van der Waals surface area (Å²) in [6.07, 6.45) is 4.17. The van der Waals surface area contributed by atoms with Gasteiger partial charge in [0.05, 0.1) is 17.8 Å². The molecular formula is C21H29ClN2O3S. The number of hydrogen-bond donors (Lipinski definition) is 1. The van der Waals surface area contributed by atoms with Crippen LogP contribution in [0, 0.1) is 11.8 Å². The first kappa shape index (κ1) is 21.2. The van der Waals surface area contributed by atoms with Gasteiger partial charge in [0.1, 0.15) is 5.75 Å². The van der Waals surface area contributed by atoms with Crippen LogP contribution in [0.15, 0.2) is 35.2 Å². The Morgan fingerprint density at radius 1 is 1.14 bits per heavy atom. The van der Waals surface area contributed by atoms with Gasteiger partial charge in [-0.3, -0.25) is 4.90 Å². The lowest BCUT2D eigenvalue weighted by Crippen LogP contribution is -2.35. The van der Waals surface area contributed by atoms with E-state index in [1.807, 2.05) is 6.07 Å². The molecule has 2 unspecified atom stereocenters. The Balaban J connectivity index is 0.00000225. The molecular weight excluding hydrogens is 396 g/mol. The van der Waals surface area contributed by atoms with Crippen molar-refractivity contribution in [3.05, 3.63) is 36.0 Å². The maximum absolute atomic E-state index is 12.3. The minimum atomic E-state index is -3.25. The van der Waals surface area contributed by atoms with Crippen LogP contribution in [0.3, 0.4) is 0 Å². The number of benzene rings is 1. The summed E-state index contributed by atoms with van der Waals surface area (Å²) in [7, 11) is -1.64. The van der Waals surface area contributed by atoms with E-state index in [1.165, 1.54) is 32.4 Å². The summed E-state index contributed by atoms with van der Waals surface area (Å²) >= 11 is 0. The third kappa shape index (κ3) is 4.24. The number of sulfone groups is 1. The molecule has 1 N–H and O–H groups in total. The lowest BCUT2D eigenvalue weighted by molar-refractivity contribution is 0.159. The van der Waals surface area contributed by atoms with Gasteiger partial charge in [-0.2, -0.15) is 0 Å². The van der Waals surface area contributed by atoms with E-state index in [1.54, 1.807) is 32.2 Å². The monoisotopic (exact) mass is 424 g/mol. The van der Waals surface area contributed by atoms with Crippen molar-refractivity contribution < 1.29 is 13.2 Å².